The van der Waals surface area contributed by atoms with Gasteiger partial charge in [-0.25, -0.2) is 4.98 Å². The van der Waals surface area contributed by atoms with Crippen LogP contribution in [-0.2, 0) is 11.0 Å². The number of ether oxygens (including phenoxy) is 1. The van der Waals surface area contributed by atoms with E-state index in [9.17, 15) is 18.0 Å². The van der Waals surface area contributed by atoms with Crippen molar-refractivity contribution < 1.29 is 22.7 Å². The molecular weight excluding hydrogens is 363 g/mol. The number of halogens is 3. The van der Waals surface area contributed by atoms with E-state index in [0.717, 1.165) is 6.07 Å². The number of amides is 1. The number of guanidine groups is 1. The molecule has 0 atom stereocenters. The molecule has 10 heteroatoms. The maximum absolute atomic E-state index is 12.9. The molecule has 0 aliphatic rings. The van der Waals surface area contributed by atoms with E-state index in [4.69, 9.17) is 4.74 Å². The summed E-state index contributed by atoms with van der Waals surface area (Å²) in [7, 11) is 3.22. The van der Waals surface area contributed by atoms with Gasteiger partial charge in [0.2, 0.25) is 11.8 Å². The molecule has 0 aromatic carbocycles. The number of carbonyl (C=O) groups is 1. The van der Waals surface area contributed by atoms with Crippen LogP contribution in [0.5, 0.6) is 5.88 Å². The first-order valence-corrected chi connectivity index (χ1v) is 8.32. The third-order valence-corrected chi connectivity index (χ3v) is 3.17. The van der Waals surface area contributed by atoms with Crippen molar-refractivity contribution >= 4 is 11.9 Å². The standard InChI is InChI=1S/C17H26F3N5O2/c1-16(2,3)24-13(26)11-25(5)15(21-4)23-9-10-27-14-12(17(18,19)20)7-6-8-22-14/h6-8H,9-11H2,1-5H3,(H,21,23)(H,24,26). The summed E-state index contributed by atoms with van der Waals surface area (Å²) in [6.07, 6.45) is -3.30. The molecule has 1 heterocycles. The molecule has 0 saturated heterocycles. The summed E-state index contributed by atoms with van der Waals surface area (Å²) in [5.41, 5.74) is -1.27. The molecule has 0 radical (unpaired) electrons. The average molecular weight is 389 g/mol. The summed E-state index contributed by atoms with van der Waals surface area (Å²) >= 11 is 0. The van der Waals surface area contributed by atoms with Crippen LogP contribution in [0.2, 0.25) is 0 Å². The molecule has 0 saturated carbocycles. The van der Waals surface area contributed by atoms with E-state index in [-0.39, 0.29) is 31.1 Å². The Hall–Kier alpha value is -2.52. The Morgan fingerprint density at radius 1 is 1.33 bits per heavy atom. The zero-order valence-corrected chi connectivity index (χ0v) is 16.1. The number of rotatable bonds is 6. The zero-order chi connectivity index (χ0) is 20.7. The third kappa shape index (κ3) is 8.14. The first kappa shape index (κ1) is 22.5. The molecule has 1 amide bonds. The summed E-state index contributed by atoms with van der Waals surface area (Å²) < 4.78 is 43.8. The highest BCUT2D eigenvalue weighted by molar-refractivity contribution is 5.86. The number of hydrogen-bond acceptors (Lipinski definition) is 4. The second-order valence-electron chi connectivity index (χ2n) is 6.83. The summed E-state index contributed by atoms with van der Waals surface area (Å²) in [6, 6.07) is 2.11. The Bertz CT molecular complexity index is 657. The van der Waals surface area contributed by atoms with Crippen LogP contribution in [0.1, 0.15) is 26.3 Å². The van der Waals surface area contributed by atoms with Gasteiger partial charge in [-0.1, -0.05) is 0 Å². The fraction of sp³-hybridized carbons (Fsp3) is 0.588. The minimum Gasteiger partial charge on any atom is -0.475 e. The highest BCUT2D eigenvalue weighted by Gasteiger charge is 2.35. The second-order valence-corrected chi connectivity index (χ2v) is 6.83. The van der Waals surface area contributed by atoms with Gasteiger partial charge in [-0.05, 0) is 32.9 Å². The number of pyridine rings is 1. The van der Waals surface area contributed by atoms with Crippen molar-refractivity contribution in [2.24, 2.45) is 4.99 Å². The molecule has 1 aromatic heterocycles. The number of alkyl halides is 3. The first-order chi connectivity index (χ1) is 12.4. The SMILES string of the molecule is CN=C(NCCOc1ncccc1C(F)(F)F)N(C)CC(=O)NC(C)(C)C. The number of aromatic nitrogens is 1. The summed E-state index contributed by atoms with van der Waals surface area (Å²) in [4.78, 5) is 21.2. The lowest BCUT2D eigenvalue weighted by atomic mass is 10.1. The van der Waals surface area contributed by atoms with E-state index in [1.165, 1.54) is 12.3 Å². The van der Waals surface area contributed by atoms with Crippen molar-refractivity contribution in [2.75, 3.05) is 33.8 Å². The normalized spacial score (nSPS) is 12.5. The van der Waals surface area contributed by atoms with E-state index in [0.29, 0.717) is 5.96 Å². The zero-order valence-electron chi connectivity index (χ0n) is 16.1. The Morgan fingerprint density at radius 2 is 2.00 bits per heavy atom. The Morgan fingerprint density at radius 3 is 2.56 bits per heavy atom. The van der Waals surface area contributed by atoms with Crippen LogP contribution in [-0.4, -0.2) is 61.1 Å². The van der Waals surface area contributed by atoms with E-state index < -0.39 is 17.6 Å². The Kier molecular flexibility index (Phi) is 7.86. The van der Waals surface area contributed by atoms with Gasteiger partial charge in [0.15, 0.2) is 5.96 Å². The summed E-state index contributed by atoms with van der Waals surface area (Å²) in [5, 5.41) is 5.76. The van der Waals surface area contributed by atoms with Crippen molar-refractivity contribution in [1.29, 1.82) is 0 Å². The van der Waals surface area contributed by atoms with Crippen LogP contribution in [0.25, 0.3) is 0 Å². The predicted molar refractivity (Wildman–Crippen MR) is 96.6 cm³/mol. The topological polar surface area (TPSA) is 78.9 Å². The molecule has 0 spiro atoms. The predicted octanol–water partition coefficient (Wildman–Crippen LogP) is 1.90. The van der Waals surface area contributed by atoms with Crippen molar-refractivity contribution in [3.63, 3.8) is 0 Å². The Labute approximate surface area is 157 Å². The van der Waals surface area contributed by atoms with Gasteiger partial charge < -0.3 is 20.3 Å². The number of hydrogen-bond donors (Lipinski definition) is 2. The summed E-state index contributed by atoms with van der Waals surface area (Å²) in [6.45, 7) is 5.84. The molecule has 1 aromatic rings. The van der Waals surface area contributed by atoms with Gasteiger partial charge in [-0.2, -0.15) is 13.2 Å². The van der Waals surface area contributed by atoms with Gasteiger partial charge in [0.25, 0.3) is 0 Å². The van der Waals surface area contributed by atoms with Crippen LogP contribution in [0.4, 0.5) is 13.2 Å². The van der Waals surface area contributed by atoms with Crippen LogP contribution in [0, 0.1) is 0 Å². The lowest BCUT2D eigenvalue weighted by Crippen LogP contribution is -2.49. The third-order valence-electron chi connectivity index (χ3n) is 3.17. The minimum absolute atomic E-state index is 0.0544. The van der Waals surface area contributed by atoms with Gasteiger partial charge in [-0.15, -0.1) is 0 Å². The Balaban J connectivity index is 2.52. The smallest absolute Gasteiger partial charge is 0.421 e. The van der Waals surface area contributed by atoms with Crippen LogP contribution < -0.4 is 15.4 Å². The number of likely N-dealkylation sites (N-methyl/N-ethyl adjacent to an activating group) is 1. The fourth-order valence-electron chi connectivity index (χ4n) is 2.16. The molecular formula is C17H26F3N5O2. The second kappa shape index (κ2) is 9.43. The molecule has 0 bridgehead atoms. The molecule has 0 aliphatic carbocycles. The highest BCUT2D eigenvalue weighted by Crippen LogP contribution is 2.34. The summed E-state index contributed by atoms with van der Waals surface area (Å²) in [5.74, 6) is -0.230. The van der Waals surface area contributed by atoms with Crippen molar-refractivity contribution in [1.82, 2.24) is 20.5 Å². The van der Waals surface area contributed by atoms with Crippen molar-refractivity contribution in [3.05, 3.63) is 23.9 Å². The fourth-order valence-corrected chi connectivity index (χ4v) is 2.16. The molecule has 0 unspecified atom stereocenters. The molecule has 152 valence electrons. The van der Waals surface area contributed by atoms with E-state index >= 15 is 0 Å². The lowest BCUT2D eigenvalue weighted by molar-refractivity contribution is -0.139. The van der Waals surface area contributed by atoms with Crippen molar-refractivity contribution in [3.8, 4) is 5.88 Å². The van der Waals surface area contributed by atoms with Gasteiger partial charge in [0.05, 0.1) is 13.1 Å². The minimum atomic E-state index is -4.53. The number of nitrogens with zero attached hydrogens (tertiary/aromatic N) is 3. The van der Waals surface area contributed by atoms with Gasteiger partial charge in [0, 0.05) is 25.8 Å². The molecule has 0 fully saturated rings. The maximum Gasteiger partial charge on any atom is 0.421 e. The number of aliphatic imine (C=N–C) groups is 1. The van der Waals surface area contributed by atoms with E-state index in [2.05, 4.69) is 20.6 Å². The molecule has 1 rings (SSSR count). The molecule has 7 nitrogen and oxygen atoms in total. The van der Waals surface area contributed by atoms with E-state index in [1.807, 2.05) is 20.8 Å². The maximum atomic E-state index is 12.9. The average Bonchev–Trinajstić information content (AvgIpc) is 2.52. The lowest BCUT2D eigenvalue weighted by Gasteiger charge is -2.25. The van der Waals surface area contributed by atoms with Crippen molar-refractivity contribution in [2.45, 2.75) is 32.5 Å². The van der Waals surface area contributed by atoms with Crippen LogP contribution in [0.3, 0.4) is 0 Å². The highest BCUT2D eigenvalue weighted by atomic mass is 19.4. The largest absolute Gasteiger partial charge is 0.475 e. The van der Waals surface area contributed by atoms with Gasteiger partial charge >= 0.3 is 6.18 Å². The number of nitrogens with one attached hydrogen (secondary N) is 2. The first-order valence-electron chi connectivity index (χ1n) is 8.32. The van der Waals surface area contributed by atoms with Gasteiger partial charge in [0.1, 0.15) is 12.2 Å². The molecule has 2 N–H and O–H groups in total. The molecule has 27 heavy (non-hydrogen) atoms. The molecule has 0 aliphatic heterocycles. The van der Waals surface area contributed by atoms with E-state index in [1.54, 1.807) is 19.0 Å². The monoisotopic (exact) mass is 389 g/mol. The van der Waals surface area contributed by atoms with Crippen LogP contribution in [0.15, 0.2) is 23.3 Å². The van der Waals surface area contributed by atoms with Crippen LogP contribution >= 0.6 is 0 Å². The van der Waals surface area contributed by atoms with Gasteiger partial charge in [-0.3, -0.25) is 9.79 Å². The number of carbonyl (C=O) groups excluding carboxylic acids is 1. The quantitative estimate of drug-likeness (QED) is 0.441.